The predicted molar refractivity (Wildman–Crippen MR) is 74.0 cm³/mol. The van der Waals surface area contributed by atoms with Crippen molar-refractivity contribution in [2.24, 2.45) is 5.92 Å². The van der Waals surface area contributed by atoms with Crippen molar-refractivity contribution in [1.82, 2.24) is 0 Å². The van der Waals surface area contributed by atoms with Crippen LogP contribution in [-0.4, -0.2) is 17.6 Å². The number of carboxylic acid groups (broad SMARTS) is 1. The number of carboxylic acids is 1. The van der Waals surface area contributed by atoms with E-state index in [9.17, 15) is 4.79 Å². The van der Waals surface area contributed by atoms with Gasteiger partial charge in [0.1, 0.15) is 0 Å². The van der Waals surface area contributed by atoms with Gasteiger partial charge in [-0.05, 0) is 29.8 Å². The third kappa shape index (κ3) is 2.80. The molecule has 3 nitrogen and oxygen atoms in total. The standard InChI is InChI=1S/C15H17NO2/c1-10-3-4-13-8-14(6-5-12(13)7-10)16-9-11(2)15(17)18/h3-8,11,16H,9H2,1-2H3,(H,17,18). The summed E-state index contributed by atoms with van der Waals surface area (Å²) in [5.41, 5.74) is 2.20. The summed E-state index contributed by atoms with van der Waals surface area (Å²) in [6, 6.07) is 12.4. The van der Waals surface area contributed by atoms with Crippen molar-refractivity contribution in [2.75, 3.05) is 11.9 Å². The van der Waals surface area contributed by atoms with Gasteiger partial charge >= 0.3 is 5.97 Å². The minimum absolute atomic E-state index is 0.390. The van der Waals surface area contributed by atoms with Crippen LogP contribution in [-0.2, 0) is 4.79 Å². The van der Waals surface area contributed by atoms with Gasteiger partial charge in [0.15, 0.2) is 0 Å². The monoisotopic (exact) mass is 243 g/mol. The third-order valence-corrected chi connectivity index (χ3v) is 3.03. The number of fused-ring (bicyclic) bond motifs is 1. The average molecular weight is 243 g/mol. The maximum Gasteiger partial charge on any atom is 0.308 e. The maximum atomic E-state index is 10.7. The molecule has 0 saturated carbocycles. The Morgan fingerprint density at radius 3 is 2.61 bits per heavy atom. The molecule has 18 heavy (non-hydrogen) atoms. The Labute approximate surface area is 106 Å². The first-order valence-corrected chi connectivity index (χ1v) is 6.03. The van der Waals surface area contributed by atoms with Crippen LogP contribution in [0.3, 0.4) is 0 Å². The van der Waals surface area contributed by atoms with E-state index in [1.54, 1.807) is 6.92 Å². The molecule has 1 atom stereocenters. The molecule has 0 aromatic heterocycles. The van der Waals surface area contributed by atoms with E-state index in [4.69, 9.17) is 5.11 Å². The summed E-state index contributed by atoms with van der Waals surface area (Å²) in [7, 11) is 0. The second-order valence-electron chi connectivity index (χ2n) is 4.69. The number of aryl methyl sites for hydroxylation is 1. The molecule has 0 amide bonds. The minimum atomic E-state index is -0.779. The number of nitrogens with one attached hydrogen (secondary N) is 1. The fraction of sp³-hybridized carbons (Fsp3) is 0.267. The normalized spacial score (nSPS) is 12.3. The van der Waals surface area contributed by atoms with Crippen LogP contribution in [0.5, 0.6) is 0 Å². The SMILES string of the molecule is Cc1ccc2cc(NCC(C)C(=O)O)ccc2c1. The minimum Gasteiger partial charge on any atom is -0.481 e. The van der Waals surface area contributed by atoms with Crippen LogP contribution in [0.25, 0.3) is 10.8 Å². The second-order valence-corrected chi connectivity index (χ2v) is 4.69. The molecule has 0 saturated heterocycles. The summed E-state index contributed by atoms with van der Waals surface area (Å²) >= 11 is 0. The number of hydrogen-bond donors (Lipinski definition) is 2. The van der Waals surface area contributed by atoms with Gasteiger partial charge in [-0.2, -0.15) is 0 Å². The molecule has 2 N–H and O–H groups in total. The Balaban J connectivity index is 2.15. The predicted octanol–water partition coefficient (Wildman–Crippen LogP) is 3.28. The molecule has 2 aromatic rings. The summed E-state index contributed by atoms with van der Waals surface area (Å²) in [6.07, 6.45) is 0. The highest BCUT2D eigenvalue weighted by atomic mass is 16.4. The van der Waals surface area contributed by atoms with E-state index in [0.29, 0.717) is 6.54 Å². The Bertz CT molecular complexity index is 578. The molecule has 0 aliphatic carbocycles. The van der Waals surface area contributed by atoms with Crippen molar-refractivity contribution in [3.63, 3.8) is 0 Å². The first kappa shape index (κ1) is 12.4. The van der Waals surface area contributed by atoms with Crippen molar-refractivity contribution >= 4 is 22.4 Å². The van der Waals surface area contributed by atoms with Crippen LogP contribution in [0, 0.1) is 12.8 Å². The number of carbonyl (C=O) groups is 1. The highest BCUT2D eigenvalue weighted by molar-refractivity contribution is 5.86. The Kier molecular flexibility index (Phi) is 3.51. The molecule has 1 unspecified atom stereocenters. The number of anilines is 1. The Hall–Kier alpha value is -2.03. The molecule has 0 bridgehead atoms. The first-order valence-electron chi connectivity index (χ1n) is 6.03. The quantitative estimate of drug-likeness (QED) is 0.866. The van der Waals surface area contributed by atoms with Crippen LogP contribution in [0.1, 0.15) is 12.5 Å². The molecule has 0 fully saturated rings. The van der Waals surface area contributed by atoms with Crippen LogP contribution < -0.4 is 5.32 Å². The number of aliphatic carboxylic acids is 1. The van der Waals surface area contributed by atoms with Gasteiger partial charge in [0.25, 0.3) is 0 Å². The van der Waals surface area contributed by atoms with Crippen molar-refractivity contribution in [2.45, 2.75) is 13.8 Å². The number of benzene rings is 2. The van der Waals surface area contributed by atoms with Gasteiger partial charge in [-0.15, -0.1) is 0 Å². The van der Waals surface area contributed by atoms with E-state index in [2.05, 4.69) is 36.5 Å². The zero-order chi connectivity index (χ0) is 13.1. The van der Waals surface area contributed by atoms with Crippen molar-refractivity contribution in [3.05, 3.63) is 42.0 Å². The van der Waals surface area contributed by atoms with E-state index >= 15 is 0 Å². The molecule has 0 aliphatic rings. The summed E-state index contributed by atoms with van der Waals surface area (Å²) in [5.74, 6) is -1.17. The molecular formula is C15H17NO2. The first-order chi connectivity index (χ1) is 8.56. The lowest BCUT2D eigenvalue weighted by Gasteiger charge is -2.10. The molecule has 94 valence electrons. The molecule has 3 heteroatoms. The van der Waals surface area contributed by atoms with Gasteiger partial charge in [-0.25, -0.2) is 0 Å². The smallest absolute Gasteiger partial charge is 0.308 e. The topological polar surface area (TPSA) is 49.3 Å². The Morgan fingerprint density at radius 1 is 1.22 bits per heavy atom. The van der Waals surface area contributed by atoms with Gasteiger partial charge in [0, 0.05) is 12.2 Å². The fourth-order valence-electron chi connectivity index (χ4n) is 1.83. The zero-order valence-electron chi connectivity index (χ0n) is 10.6. The largest absolute Gasteiger partial charge is 0.481 e. The van der Waals surface area contributed by atoms with Crippen LogP contribution in [0.2, 0.25) is 0 Å². The molecular weight excluding hydrogens is 226 g/mol. The fourth-order valence-corrected chi connectivity index (χ4v) is 1.83. The summed E-state index contributed by atoms with van der Waals surface area (Å²) in [6.45, 7) is 4.20. The molecule has 0 aliphatic heterocycles. The van der Waals surface area contributed by atoms with E-state index in [-0.39, 0.29) is 0 Å². The van der Waals surface area contributed by atoms with Crippen LogP contribution in [0.4, 0.5) is 5.69 Å². The van der Waals surface area contributed by atoms with Gasteiger partial charge in [-0.3, -0.25) is 4.79 Å². The van der Waals surface area contributed by atoms with E-state index in [0.717, 1.165) is 11.1 Å². The van der Waals surface area contributed by atoms with Crippen molar-refractivity contribution in [3.8, 4) is 0 Å². The van der Waals surface area contributed by atoms with Gasteiger partial charge in [0.05, 0.1) is 5.92 Å². The van der Waals surface area contributed by atoms with Crippen molar-refractivity contribution < 1.29 is 9.90 Å². The van der Waals surface area contributed by atoms with Crippen molar-refractivity contribution in [1.29, 1.82) is 0 Å². The Morgan fingerprint density at radius 2 is 1.89 bits per heavy atom. The lowest BCUT2D eigenvalue weighted by atomic mass is 10.1. The average Bonchev–Trinajstić information content (AvgIpc) is 2.35. The van der Waals surface area contributed by atoms with Gasteiger partial charge in [0.2, 0.25) is 0 Å². The van der Waals surface area contributed by atoms with Crippen LogP contribution >= 0.6 is 0 Å². The summed E-state index contributed by atoms with van der Waals surface area (Å²) in [5, 5.41) is 14.3. The zero-order valence-corrected chi connectivity index (χ0v) is 10.6. The highest BCUT2D eigenvalue weighted by Gasteiger charge is 2.09. The number of hydrogen-bond acceptors (Lipinski definition) is 2. The number of rotatable bonds is 4. The van der Waals surface area contributed by atoms with Gasteiger partial charge in [-0.1, -0.05) is 36.8 Å². The molecule has 2 rings (SSSR count). The van der Waals surface area contributed by atoms with E-state index < -0.39 is 11.9 Å². The lowest BCUT2D eigenvalue weighted by Crippen LogP contribution is -2.19. The molecule has 0 heterocycles. The lowest BCUT2D eigenvalue weighted by molar-refractivity contribution is -0.140. The molecule has 0 radical (unpaired) electrons. The summed E-state index contributed by atoms with van der Waals surface area (Å²) < 4.78 is 0. The van der Waals surface area contributed by atoms with Crippen LogP contribution in [0.15, 0.2) is 36.4 Å². The van der Waals surface area contributed by atoms with Gasteiger partial charge < -0.3 is 10.4 Å². The van der Waals surface area contributed by atoms with E-state index in [1.165, 1.54) is 10.9 Å². The maximum absolute atomic E-state index is 10.7. The third-order valence-electron chi connectivity index (χ3n) is 3.03. The molecule has 0 spiro atoms. The molecule has 2 aromatic carbocycles. The second kappa shape index (κ2) is 5.08. The summed E-state index contributed by atoms with van der Waals surface area (Å²) in [4.78, 5) is 10.7. The van der Waals surface area contributed by atoms with E-state index in [1.807, 2.05) is 12.1 Å². The highest BCUT2D eigenvalue weighted by Crippen LogP contribution is 2.20.